The third-order valence-electron chi connectivity index (χ3n) is 3.09. The second-order valence-electron chi connectivity index (χ2n) is 4.54. The Morgan fingerprint density at radius 1 is 1.19 bits per heavy atom. The number of hydrogen-bond donors (Lipinski definition) is 1. The molecule has 0 bridgehead atoms. The summed E-state index contributed by atoms with van der Waals surface area (Å²) in [6.07, 6.45) is 3.37. The lowest BCUT2D eigenvalue weighted by molar-refractivity contribution is 0.102. The summed E-state index contributed by atoms with van der Waals surface area (Å²) < 4.78 is 0. The highest BCUT2D eigenvalue weighted by molar-refractivity contribution is 7.13. The van der Waals surface area contributed by atoms with Crippen molar-refractivity contribution in [2.45, 2.75) is 6.92 Å². The molecule has 4 nitrogen and oxygen atoms in total. The topological polar surface area (TPSA) is 54.9 Å². The van der Waals surface area contributed by atoms with Gasteiger partial charge in [-0.25, -0.2) is 4.98 Å². The van der Waals surface area contributed by atoms with E-state index in [1.165, 1.54) is 11.3 Å². The van der Waals surface area contributed by atoms with Crippen LogP contribution in [0.2, 0.25) is 0 Å². The normalized spacial score (nSPS) is 10.3. The summed E-state index contributed by atoms with van der Waals surface area (Å²) in [5.74, 6) is -0.204. The van der Waals surface area contributed by atoms with Gasteiger partial charge in [-0.15, -0.1) is 11.3 Å². The average Bonchev–Trinajstić information content (AvgIpc) is 3.00. The third-order valence-corrected chi connectivity index (χ3v) is 3.96. The van der Waals surface area contributed by atoms with E-state index in [0.29, 0.717) is 5.69 Å². The number of carbonyl (C=O) groups excluding carboxylic acids is 1. The summed E-state index contributed by atoms with van der Waals surface area (Å²) in [5.41, 5.74) is 4.81. The highest BCUT2D eigenvalue weighted by atomic mass is 32.1. The quantitative estimate of drug-likeness (QED) is 0.800. The van der Waals surface area contributed by atoms with Crippen LogP contribution in [0.4, 0.5) is 5.69 Å². The van der Waals surface area contributed by atoms with Crippen molar-refractivity contribution >= 4 is 22.9 Å². The van der Waals surface area contributed by atoms with E-state index in [1.54, 1.807) is 24.0 Å². The summed E-state index contributed by atoms with van der Waals surface area (Å²) in [7, 11) is 0. The number of aryl methyl sites for hydroxylation is 1. The van der Waals surface area contributed by atoms with Crippen LogP contribution in [-0.2, 0) is 0 Å². The predicted octanol–water partition coefficient (Wildman–Crippen LogP) is 3.77. The minimum Gasteiger partial charge on any atom is -0.320 e. The Balaban J connectivity index is 1.90. The summed E-state index contributed by atoms with van der Waals surface area (Å²) in [6, 6.07) is 11.6. The van der Waals surface area contributed by atoms with Crippen LogP contribution in [0.5, 0.6) is 0 Å². The summed E-state index contributed by atoms with van der Waals surface area (Å²) in [5, 5.41) is 2.89. The molecule has 1 aromatic carbocycles. The Bertz CT molecular complexity index is 768. The fourth-order valence-electron chi connectivity index (χ4n) is 2.00. The molecule has 0 unspecified atom stereocenters. The van der Waals surface area contributed by atoms with Gasteiger partial charge in [-0.2, -0.15) is 0 Å². The van der Waals surface area contributed by atoms with Gasteiger partial charge in [0.15, 0.2) is 0 Å². The molecular formula is C16H13N3OS. The Morgan fingerprint density at radius 2 is 2.00 bits per heavy atom. The Hall–Kier alpha value is -2.53. The number of amides is 1. The van der Waals surface area contributed by atoms with Gasteiger partial charge in [-0.1, -0.05) is 30.3 Å². The SMILES string of the molecule is Cc1cnccc1NC(=O)c1ncsc1-c1ccccc1. The van der Waals surface area contributed by atoms with Crippen LogP contribution in [0.15, 0.2) is 54.3 Å². The molecule has 1 amide bonds. The number of benzene rings is 1. The van der Waals surface area contributed by atoms with E-state index in [9.17, 15) is 4.79 Å². The molecule has 1 N–H and O–H groups in total. The lowest BCUT2D eigenvalue weighted by Crippen LogP contribution is -2.14. The van der Waals surface area contributed by atoms with E-state index < -0.39 is 0 Å². The van der Waals surface area contributed by atoms with Gasteiger partial charge in [0, 0.05) is 18.1 Å². The molecule has 0 fully saturated rings. The van der Waals surface area contributed by atoms with Gasteiger partial charge >= 0.3 is 0 Å². The molecule has 104 valence electrons. The van der Waals surface area contributed by atoms with Crippen LogP contribution in [0, 0.1) is 6.92 Å². The molecule has 5 heteroatoms. The standard InChI is InChI=1S/C16H13N3OS/c1-11-9-17-8-7-13(11)19-16(20)14-15(21-10-18-14)12-5-3-2-4-6-12/h2-10H,1H3,(H,17,19,20). The summed E-state index contributed by atoms with van der Waals surface area (Å²) in [6.45, 7) is 1.90. The molecule has 21 heavy (non-hydrogen) atoms. The monoisotopic (exact) mass is 295 g/mol. The van der Waals surface area contributed by atoms with Crippen molar-refractivity contribution in [3.05, 3.63) is 65.6 Å². The van der Waals surface area contributed by atoms with Gasteiger partial charge in [0.1, 0.15) is 5.69 Å². The Labute approximate surface area is 126 Å². The molecule has 0 atom stereocenters. The number of aromatic nitrogens is 2. The van der Waals surface area contributed by atoms with Gasteiger partial charge in [0.05, 0.1) is 10.4 Å². The highest BCUT2D eigenvalue weighted by Gasteiger charge is 2.16. The molecule has 2 heterocycles. The van der Waals surface area contributed by atoms with Crippen molar-refractivity contribution in [1.82, 2.24) is 9.97 Å². The van der Waals surface area contributed by atoms with E-state index in [1.807, 2.05) is 37.3 Å². The zero-order valence-electron chi connectivity index (χ0n) is 11.4. The molecule has 0 saturated carbocycles. The first-order valence-electron chi connectivity index (χ1n) is 6.46. The third kappa shape index (κ3) is 2.83. The molecule has 3 rings (SSSR count). The smallest absolute Gasteiger partial charge is 0.275 e. The maximum Gasteiger partial charge on any atom is 0.275 e. The first kappa shape index (κ1) is 13.5. The lowest BCUT2D eigenvalue weighted by atomic mass is 10.1. The van der Waals surface area contributed by atoms with Crippen LogP contribution in [0.3, 0.4) is 0 Å². The predicted molar refractivity (Wildman–Crippen MR) is 84.5 cm³/mol. The minimum absolute atomic E-state index is 0.204. The number of thiazole rings is 1. The molecule has 0 radical (unpaired) electrons. The summed E-state index contributed by atoms with van der Waals surface area (Å²) >= 11 is 1.46. The lowest BCUT2D eigenvalue weighted by Gasteiger charge is -2.07. The van der Waals surface area contributed by atoms with E-state index in [0.717, 1.165) is 21.7 Å². The Morgan fingerprint density at radius 3 is 2.76 bits per heavy atom. The zero-order valence-corrected chi connectivity index (χ0v) is 12.2. The summed E-state index contributed by atoms with van der Waals surface area (Å²) in [4.78, 5) is 21.5. The fourth-order valence-corrected chi connectivity index (χ4v) is 2.79. The minimum atomic E-state index is -0.204. The van der Waals surface area contributed by atoms with Crippen LogP contribution < -0.4 is 5.32 Å². The highest BCUT2D eigenvalue weighted by Crippen LogP contribution is 2.28. The number of nitrogens with one attached hydrogen (secondary N) is 1. The molecule has 2 aromatic heterocycles. The molecule has 0 saturated heterocycles. The van der Waals surface area contributed by atoms with Crippen molar-refractivity contribution in [2.24, 2.45) is 0 Å². The van der Waals surface area contributed by atoms with E-state index in [2.05, 4.69) is 15.3 Å². The van der Waals surface area contributed by atoms with Gasteiger partial charge < -0.3 is 5.32 Å². The van der Waals surface area contributed by atoms with Crippen molar-refractivity contribution < 1.29 is 4.79 Å². The maximum atomic E-state index is 12.4. The molecule has 0 spiro atoms. The van der Waals surface area contributed by atoms with Crippen LogP contribution in [-0.4, -0.2) is 15.9 Å². The van der Waals surface area contributed by atoms with Crippen molar-refractivity contribution in [1.29, 1.82) is 0 Å². The Kier molecular flexibility index (Phi) is 3.75. The molecule has 0 aliphatic rings. The number of nitrogens with zero attached hydrogens (tertiary/aromatic N) is 2. The van der Waals surface area contributed by atoms with Gasteiger partial charge in [0.2, 0.25) is 0 Å². The van der Waals surface area contributed by atoms with Crippen LogP contribution in [0.1, 0.15) is 16.1 Å². The number of anilines is 1. The first-order chi connectivity index (χ1) is 10.3. The van der Waals surface area contributed by atoms with Crippen molar-refractivity contribution in [2.75, 3.05) is 5.32 Å². The van der Waals surface area contributed by atoms with E-state index in [4.69, 9.17) is 0 Å². The van der Waals surface area contributed by atoms with Crippen molar-refractivity contribution in [3.8, 4) is 10.4 Å². The van der Waals surface area contributed by atoms with Crippen molar-refractivity contribution in [3.63, 3.8) is 0 Å². The maximum absolute atomic E-state index is 12.4. The van der Waals surface area contributed by atoms with Gasteiger partial charge in [-0.3, -0.25) is 9.78 Å². The molecular weight excluding hydrogens is 282 g/mol. The molecule has 3 aromatic rings. The number of rotatable bonds is 3. The number of hydrogen-bond acceptors (Lipinski definition) is 4. The average molecular weight is 295 g/mol. The molecule has 0 aliphatic heterocycles. The first-order valence-corrected chi connectivity index (χ1v) is 7.34. The molecule has 0 aliphatic carbocycles. The second-order valence-corrected chi connectivity index (χ2v) is 5.40. The van der Waals surface area contributed by atoms with Crippen LogP contribution in [0.25, 0.3) is 10.4 Å². The van der Waals surface area contributed by atoms with Gasteiger partial charge in [0.25, 0.3) is 5.91 Å². The number of pyridine rings is 1. The fraction of sp³-hybridized carbons (Fsp3) is 0.0625. The van der Waals surface area contributed by atoms with E-state index in [-0.39, 0.29) is 5.91 Å². The van der Waals surface area contributed by atoms with Crippen LogP contribution >= 0.6 is 11.3 Å². The van der Waals surface area contributed by atoms with Gasteiger partial charge in [-0.05, 0) is 24.1 Å². The zero-order chi connectivity index (χ0) is 14.7. The number of carbonyl (C=O) groups is 1. The largest absolute Gasteiger partial charge is 0.320 e. The second kappa shape index (κ2) is 5.85. The van der Waals surface area contributed by atoms with E-state index >= 15 is 0 Å².